The number of hydrogen-bond donors (Lipinski definition) is 2. The summed E-state index contributed by atoms with van der Waals surface area (Å²) in [5.41, 5.74) is -0.640. The zero-order valence-corrected chi connectivity index (χ0v) is 14.6. The summed E-state index contributed by atoms with van der Waals surface area (Å²) in [6, 6.07) is -1.44. The zero-order chi connectivity index (χ0) is 17.5. The van der Waals surface area contributed by atoms with Gasteiger partial charge in [0.05, 0.1) is 6.04 Å². The molecule has 6 nitrogen and oxygen atoms in total. The van der Waals surface area contributed by atoms with Gasteiger partial charge in [0.15, 0.2) is 0 Å². The Kier molecular flexibility index (Phi) is 8.12. The van der Waals surface area contributed by atoms with Gasteiger partial charge in [0.25, 0.3) is 0 Å². The third-order valence-electron chi connectivity index (χ3n) is 2.79. The Morgan fingerprint density at radius 3 is 2.00 bits per heavy atom. The monoisotopic (exact) mass is 313 g/mol. The first-order chi connectivity index (χ1) is 9.96. The number of amides is 2. The van der Waals surface area contributed by atoms with Crippen LogP contribution in [0.4, 0.5) is 4.79 Å². The molecule has 0 aliphatic heterocycles. The molecule has 0 heterocycles. The Bertz CT molecular complexity index is 386. The highest BCUT2D eigenvalue weighted by Gasteiger charge is 2.28. The highest BCUT2D eigenvalue weighted by molar-refractivity contribution is 5.87. The van der Waals surface area contributed by atoms with Gasteiger partial charge >= 0.3 is 6.09 Å². The standard InChI is InChI=1S/C16H29N2O4/c1-10(2)8-12(9-19)17-14(20)13(11(3)4)18-15(21)22-16(5,6)7/h10-13H,8H2,1-7H3,(H,17,20)(H,18,21)/t12-,13-/m0/s1. The van der Waals surface area contributed by atoms with E-state index in [9.17, 15) is 14.4 Å². The fourth-order valence-electron chi connectivity index (χ4n) is 1.84. The summed E-state index contributed by atoms with van der Waals surface area (Å²) in [6.45, 7) is 12.8. The average molecular weight is 313 g/mol. The van der Waals surface area contributed by atoms with Crippen molar-refractivity contribution < 1.29 is 19.1 Å². The predicted octanol–water partition coefficient (Wildman–Crippen LogP) is 2.18. The summed E-state index contributed by atoms with van der Waals surface area (Å²) < 4.78 is 5.16. The van der Waals surface area contributed by atoms with Crippen molar-refractivity contribution in [2.75, 3.05) is 0 Å². The molecule has 0 aromatic carbocycles. The maximum atomic E-state index is 12.3. The van der Waals surface area contributed by atoms with Crippen LogP contribution in [0.25, 0.3) is 0 Å². The fourth-order valence-corrected chi connectivity index (χ4v) is 1.84. The highest BCUT2D eigenvalue weighted by Crippen LogP contribution is 2.10. The Balaban J connectivity index is 4.77. The van der Waals surface area contributed by atoms with Crippen LogP contribution < -0.4 is 10.6 Å². The number of ether oxygens (including phenoxy) is 1. The van der Waals surface area contributed by atoms with Crippen molar-refractivity contribution in [3.05, 3.63) is 0 Å². The Hall–Kier alpha value is -1.59. The Morgan fingerprint density at radius 1 is 1.09 bits per heavy atom. The Morgan fingerprint density at radius 2 is 1.64 bits per heavy atom. The van der Waals surface area contributed by atoms with Gasteiger partial charge < -0.3 is 15.4 Å². The van der Waals surface area contributed by atoms with E-state index in [1.165, 1.54) is 0 Å². The van der Waals surface area contributed by atoms with E-state index in [0.29, 0.717) is 6.42 Å². The van der Waals surface area contributed by atoms with Crippen LogP contribution >= 0.6 is 0 Å². The van der Waals surface area contributed by atoms with Crippen LogP contribution in [0.3, 0.4) is 0 Å². The minimum Gasteiger partial charge on any atom is -0.444 e. The molecule has 0 rings (SSSR count). The Labute approximate surface area is 133 Å². The molecule has 0 aromatic rings. The second kappa shape index (κ2) is 8.76. The molecule has 2 N–H and O–H groups in total. The molecule has 0 saturated carbocycles. The molecule has 0 aliphatic carbocycles. The molecular weight excluding hydrogens is 284 g/mol. The first-order valence-corrected chi connectivity index (χ1v) is 7.63. The van der Waals surface area contributed by atoms with Crippen molar-refractivity contribution in [2.45, 2.75) is 72.6 Å². The van der Waals surface area contributed by atoms with Gasteiger partial charge in [0.2, 0.25) is 12.2 Å². The third-order valence-corrected chi connectivity index (χ3v) is 2.79. The smallest absolute Gasteiger partial charge is 0.408 e. The SMILES string of the molecule is CC(C)C[C@@H]([C]=O)NC(=O)[C@@H](NC(=O)OC(C)(C)C)C(C)C. The van der Waals surface area contributed by atoms with Crippen molar-refractivity contribution in [3.63, 3.8) is 0 Å². The van der Waals surface area contributed by atoms with Gasteiger partial charge in [0, 0.05) is 0 Å². The molecule has 6 heteroatoms. The second-order valence-corrected chi connectivity index (χ2v) is 7.18. The molecule has 0 saturated heterocycles. The maximum absolute atomic E-state index is 12.3. The lowest BCUT2D eigenvalue weighted by molar-refractivity contribution is -0.124. The average Bonchev–Trinajstić information content (AvgIpc) is 2.31. The number of carbonyl (C=O) groups is 2. The first kappa shape index (κ1) is 20.4. The number of hydrogen-bond acceptors (Lipinski definition) is 4. The summed E-state index contributed by atoms with van der Waals surface area (Å²) in [4.78, 5) is 35.0. The minimum absolute atomic E-state index is 0.140. The molecular formula is C16H29N2O4. The summed E-state index contributed by atoms with van der Waals surface area (Å²) in [5.74, 6) is -0.295. The van der Waals surface area contributed by atoms with Crippen LogP contribution in [-0.4, -0.2) is 36.0 Å². The number of carbonyl (C=O) groups excluding carboxylic acids is 3. The van der Waals surface area contributed by atoms with Gasteiger partial charge in [-0.25, -0.2) is 4.79 Å². The van der Waals surface area contributed by atoms with Crippen LogP contribution in [0.2, 0.25) is 0 Å². The van der Waals surface area contributed by atoms with Crippen LogP contribution in [-0.2, 0) is 14.3 Å². The largest absolute Gasteiger partial charge is 0.444 e. The van der Waals surface area contributed by atoms with Crippen LogP contribution in [0.15, 0.2) is 0 Å². The van der Waals surface area contributed by atoms with E-state index < -0.39 is 29.7 Å². The predicted molar refractivity (Wildman–Crippen MR) is 85.1 cm³/mol. The first-order valence-electron chi connectivity index (χ1n) is 7.63. The molecule has 22 heavy (non-hydrogen) atoms. The van der Waals surface area contributed by atoms with Crippen molar-refractivity contribution in [1.29, 1.82) is 0 Å². The van der Waals surface area contributed by atoms with Crippen LogP contribution in [0.5, 0.6) is 0 Å². The molecule has 0 unspecified atom stereocenters. The van der Waals surface area contributed by atoms with E-state index in [0.717, 1.165) is 0 Å². The van der Waals surface area contributed by atoms with Crippen molar-refractivity contribution in [1.82, 2.24) is 10.6 Å². The van der Waals surface area contributed by atoms with Gasteiger partial charge in [-0.15, -0.1) is 0 Å². The van der Waals surface area contributed by atoms with Gasteiger partial charge in [-0.1, -0.05) is 27.7 Å². The fraction of sp³-hybridized carbons (Fsp3) is 0.812. The van der Waals surface area contributed by atoms with Crippen LogP contribution in [0, 0.1) is 11.8 Å². The molecule has 0 fully saturated rings. The highest BCUT2D eigenvalue weighted by atomic mass is 16.6. The van der Waals surface area contributed by atoms with Gasteiger partial charge in [-0.05, 0) is 39.0 Å². The molecule has 1 radical (unpaired) electrons. The summed E-state index contributed by atoms with van der Waals surface area (Å²) >= 11 is 0. The maximum Gasteiger partial charge on any atom is 0.408 e. The molecule has 127 valence electrons. The molecule has 0 bridgehead atoms. The molecule has 2 atom stereocenters. The van der Waals surface area contributed by atoms with E-state index in [1.807, 2.05) is 34.0 Å². The quantitative estimate of drug-likeness (QED) is 0.754. The van der Waals surface area contributed by atoms with Crippen molar-refractivity contribution in [3.8, 4) is 0 Å². The molecule has 0 spiro atoms. The van der Waals surface area contributed by atoms with Crippen molar-refractivity contribution >= 4 is 18.3 Å². The number of rotatable bonds is 7. The lowest BCUT2D eigenvalue weighted by Gasteiger charge is -2.26. The summed E-state index contributed by atoms with van der Waals surface area (Å²) in [7, 11) is 0. The number of alkyl carbamates (subject to hydrolysis) is 1. The van der Waals surface area contributed by atoms with Gasteiger partial charge in [-0.2, -0.15) is 0 Å². The van der Waals surface area contributed by atoms with Crippen LogP contribution in [0.1, 0.15) is 54.9 Å². The lowest BCUT2D eigenvalue weighted by atomic mass is 10.0. The van der Waals surface area contributed by atoms with E-state index >= 15 is 0 Å². The summed E-state index contributed by atoms with van der Waals surface area (Å²) in [6.07, 6.45) is 1.67. The number of nitrogens with one attached hydrogen (secondary N) is 2. The van der Waals surface area contributed by atoms with E-state index in [4.69, 9.17) is 4.74 Å². The third kappa shape index (κ3) is 8.64. The second-order valence-electron chi connectivity index (χ2n) is 7.18. The summed E-state index contributed by atoms with van der Waals surface area (Å²) in [5, 5.41) is 5.17. The van der Waals surface area contributed by atoms with Crippen molar-refractivity contribution in [2.24, 2.45) is 11.8 Å². The molecule has 0 aromatic heterocycles. The van der Waals surface area contributed by atoms with E-state index in [1.54, 1.807) is 20.8 Å². The normalized spacial score (nSPS) is 14.4. The topological polar surface area (TPSA) is 84.5 Å². The minimum atomic E-state index is -0.766. The lowest BCUT2D eigenvalue weighted by Crippen LogP contribution is -2.53. The van der Waals surface area contributed by atoms with E-state index in [-0.39, 0.29) is 11.8 Å². The van der Waals surface area contributed by atoms with Gasteiger partial charge in [0.1, 0.15) is 11.6 Å². The van der Waals surface area contributed by atoms with Gasteiger partial charge in [-0.3, -0.25) is 9.59 Å². The molecule has 0 aliphatic rings. The molecule has 2 amide bonds. The zero-order valence-electron chi connectivity index (χ0n) is 14.6. The van der Waals surface area contributed by atoms with E-state index in [2.05, 4.69) is 10.6 Å².